The molecule has 0 aliphatic heterocycles. The van der Waals surface area contributed by atoms with Gasteiger partial charge < -0.3 is 9.30 Å². The van der Waals surface area contributed by atoms with Gasteiger partial charge in [0, 0.05) is 18.0 Å². The monoisotopic (exact) mass is 452 g/mol. The SMILES string of the molecule is CCn1c(=NC(=O)CCCS(=O)(=O)c2ccc(OC)cc2)sc2cc(Cl)ccc21. The number of fused-ring (bicyclic) bond motifs is 1. The van der Waals surface area contributed by atoms with E-state index in [9.17, 15) is 13.2 Å². The summed E-state index contributed by atoms with van der Waals surface area (Å²) in [6.45, 7) is 2.64. The zero-order chi connectivity index (χ0) is 21.0. The summed E-state index contributed by atoms with van der Waals surface area (Å²) < 4.78 is 32.8. The number of aromatic nitrogens is 1. The minimum Gasteiger partial charge on any atom is -0.497 e. The van der Waals surface area contributed by atoms with E-state index in [0.717, 1.165) is 10.2 Å². The number of hydrogen-bond donors (Lipinski definition) is 0. The molecular formula is C20H21ClN2O4S2. The molecule has 0 N–H and O–H groups in total. The van der Waals surface area contributed by atoms with Gasteiger partial charge in [0.25, 0.3) is 0 Å². The van der Waals surface area contributed by atoms with E-state index >= 15 is 0 Å². The summed E-state index contributed by atoms with van der Waals surface area (Å²) in [6.07, 6.45) is 0.271. The van der Waals surface area contributed by atoms with Gasteiger partial charge in [0.1, 0.15) is 5.75 Å². The van der Waals surface area contributed by atoms with Crippen molar-refractivity contribution in [1.29, 1.82) is 0 Å². The van der Waals surface area contributed by atoms with E-state index in [2.05, 4.69) is 4.99 Å². The lowest BCUT2D eigenvalue weighted by atomic mass is 10.3. The summed E-state index contributed by atoms with van der Waals surface area (Å²) in [4.78, 5) is 17.3. The summed E-state index contributed by atoms with van der Waals surface area (Å²) in [7, 11) is -1.94. The minimum absolute atomic E-state index is 0.0636. The molecular weight excluding hydrogens is 432 g/mol. The van der Waals surface area contributed by atoms with E-state index in [1.807, 2.05) is 23.6 Å². The van der Waals surface area contributed by atoms with Crippen LogP contribution in [0.3, 0.4) is 0 Å². The average Bonchev–Trinajstić information content (AvgIpc) is 3.03. The third kappa shape index (κ3) is 5.07. The van der Waals surface area contributed by atoms with Crippen LogP contribution in [0, 0.1) is 0 Å². The number of thiazole rings is 1. The largest absolute Gasteiger partial charge is 0.497 e. The van der Waals surface area contributed by atoms with Gasteiger partial charge in [-0.1, -0.05) is 22.9 Å². The number of carbonyl (C=O) groups excluding carboxylic acids is 1. The molecule has 0 bridgehead atoms. The molecule has 1 heterocycles. The molecule has 0 saturated carbocycles. The lowest BCUT2D eigenvalue weighted by molar-refractivity contribution is -0.118. The molecule has 6 nitrogen and oxygen atoms in total. The smallest absolute Gasteiger partial charge is 0.248 e. The van der Waals surface area contributed by atoms with Crippen LogP contribution < -0.4 is 9.54 Å². The summed E-state index contributed by atoms with van der Waals surface area (Å²) in [6, 6.07) is 11.8. The van der Waals surface area contributed by atoms with Crippen molar-refractivity contribution in [1.82, 2.24) is 4.57 Å². The Labute approximate surface area is 178 Å². The molecule has 1 amide bonds. The number of nitrogens with zero attached hydrogens (tertiary/aromatic N) is 2. The van der Waals surface area contributed by atoms with Gasteiger partial charge in [-0.3, -0.25) is 4.79 Å². The summed E-state index contributed by atoms with van der Waals surface area (Å²) in [5, 5.41) is 0.628. The first-order valence-electron chi connectivity index (χ1n) is 9.07. The van der Waals surface area contributed by atoms with Crippen molar-refractivity contribution in [2.45, 2.75) is 31.2 Å². The standard InChI is InChI=1S/C20H21ClN2O4S2/c1-3-23-17-11-6-14(21)13-18(17)28-20(23)22-19(24)5-4-12-29(25,26)16-9-7-15(27-2)8-10-16/h6-11,13H,3-5,12H2,1-2H3. The summed E-state index contributed by atoms with van der Waals surface area (Å²) in [5.74, 6) is 0.137. The zero-order valence-electron chi connectivity index (χ0n) is 16.1. The van der Waals surface area contributed by atoms with Gasteiger partial charge in [-0.15, -0.1) is 0 Å². The second-order valence-corrected chi connectivity index (χ2v) is 9.90. The fraction of sp³-hybridized carbons (Fsp3) is 0.300. The van der Waals surface area contributed by atoms with Gasteiger partial charge in [-0.2, -0.15) is 4.99 Å². The molecule has 3 rings (SSSR count). The van der Waals surface area contributed by atoms with E-state index in [1.54, 1.807) is 18.2 Å². The molecule has 0 atom stereocenters. The number of sulfone groups is 1. The van der Waals surface area contributed by atoms with Crippen molar-refractivity contribution >= 4 is 48.9 Å². The maximum absolute atomic E-state index is 12.4. The molecule has 0 unspecified atom stereocenters. The Morgan fingerprint density at radius 2 is 1.93 bits per heavy atom. The van der Waals surface area contributed by atoms with Crippen LogP contribution in [0.2, 0.25) is 5.02 Å². The topological polar surface area (TPSA) is 77.7 Å². The molecule has 9 heteroatoms. The quantitative estimate of drug-likeness (QED) is 0.541. The Hall–Kier alpha value is -2.16. The summed E-state index contributed by atoms with van der Waals surface area (Å²) in [5.41, 5.74) is 0.968. The number of amides is 1. The van der Waals surface area contributed by atoms with Crippen LogP contribution in [0.15, 0.2) is 52.4 Å². The first kappa shape index (κ1) is 21.5. The molecule has 0 fully saturated rings. The molecule has 3 aromatic rings. The minimum atomic E-state index is -3.46. The highest BCUT2D eigenvalue weighted by Crippen LogP contribution is 2.22. The third-order valence-corrected chi connectivity index (χ3v) is 7.50. The van der Waals surface area contributed by atoms with E-state index < -0.39 is 9.84 Å². The number of ether oxygens (including phenoxy) is 1. The number of benzene rings is 2. The second kappa shape index (κ2) is 9.11. The van der Waals surface area contributed by atoms with Crippen LogP contribution in [0.1, 0.15) is 19.8 Å². The van der Waals surface area contributed by atoms with Crippen molar-refractivity contribution in [2.24, 2.45) is 4.99 Å². The van der Waals surface area contributed by atoms with Gasteiger partial charge in [0.2, 0.25) is 5.91 Å². The van der Waals surface area contributed by atoms with E-state index in [4.69, 9.17) is 16.3 Å². The van der Waals surface area contributed by atoms with E-state index in [1.165, 1.54) is 30.6 Å². The maximum atomic E-state index is 12.4. The Morgan fingerprint density at radius 3 is 2.59 bits per heavy atom. The van der Waals surface area contributed by atoms with Gasteiger partial charge in [0.05, 0.1) is 28.0 Å². The molecule has 1 aromatic heterocycles. The van der Waals surface area contributed by atoms with Crippen molar-refractivity contribution in [3.8, 4) is 5.75 Å². The number of rotatable bonds is 7. The number of carbonyl (C=O) groups is 1. The van der Waals surface area contributed by atoms with Gasteiger partial charge in [0.15, 0.2) is 14.6 Å². The first-order chi connectivity index (χ1) is 13.8. The predicted octanol–water partition coefficient (Wildman–Crippen LogP) is 4.07. The second-order valence-electron chi connectivity index (χ2n) is 6.34. The highest BCUT2D eigenvalue weighted by atomic mass is 35.5. The molecule has 29 heavy (non-hydrogen) atoms. The lowest BCUT2D eigenvalue weighted by Crippen LogP contribution is -2.16. The number of hydrogen-bond acceptors (Lipinski definition) is 5. The molecule has 2 aromatic carbocycles. The Bertz CT molecular complexity index is 1200. The number of aryl methyl sites for hydroxylation is 1. The van der Waals surface area contributed by atoms with E-state index in [0.29, 0.717) is 22.1 Å². The zero-order valence-corrected chi connectivity index (χ0v) is 18.5. The van der Waals surface area contributed by atoms with Crippen LogP contribution in [-0.4, -0.2) is 31.8 Å². The normalized spacial score (nSPS) is 12.4. The molecule has 0 spiro atoms. The van der Waals surface area contributed by atoms with Crippen molar-refractivity contribution in [2.75, 3.05) is 12.9 Å². The first-order valence-corrected chi connectivity index (χ1v) is 11.9. The molecule has 0 radical (unpaired) electrons. The molecule has 154 valence electrons. The lowest BCUT2D eigenvalue weighted by Gasteiger charge is -2.05. The van der Waals surface area contributed by atoms with Crippen LogP contribution in [0.4, 0.5) is 0 Å². The molecule has 0 aliphatic rings. The van der Waals surface area contributed by atoms with Crippen molar-refractivity contribution < 1.29 is 17.9 Å². The number of methoxy groups -OCH3 is 1. The third-order valence-electron chi connectivity index (χ3n) is 4.40. The fourth-order valence-electron chi connectivity index (χ4n) is 2.91. The van der Waals surface area contributed by atoms with Gasteiger partial charge in [-0.25, -0.2) is 8.42 Å². The van der Waals surface area contributed by atoms with E-state index in [-0.39, 0.29) is 29.4 Å². The Balaban J connectivity index is 1.70. The molecule has 0 aliphatic carbocycles. The Kier molecular flexibility index (Phi) is 6.77. The highest BCUT2D eigenvalue weighted by Gasteiger charge is 2.15. The van der Waals surface area contributed by atoms with Crippen molar-refractivity contribution in [3.63, 3.8) is 0 Å². The highest BCUT2D eigenvalue weighted by molar-refractivity contribution is 7.91. The van der Waals surface area contributed by atoms with Crippen LogP contribution in [0.5, 0.6) is 5.75 Å². The Morgan fingerprint density at radius 1 is 1.21 bits per heavy atom. The van der Waals surface area contributed by atoms with Gasteiger partial charge >= 0.3 is 0 Å². The summed E-state index contributed by atoms with van der Waals surface area (Å²) >= 11 is 7.44. The fourth-order valence-corrected chi connectivity index (χ4v) is 5.61. The maximum Gasteiger partial charge on any atom is 0.248 e. The van der Waals surface area contributed by atoms with Crippen LogP contribution in [0.25, 0.3) is 10.2 Å². The molecule has 0 saturated heterocycles. The predicted molar refractivity (Wildman–Crippen MR) is 115 cm³/mol. The average molecular weight is 453 g/mol. The van der Waals surface area contributed by atoms with Crippen LogP contribution in [-0.2, 0) is 21.2 Å². The van der Waals surface area contributed by atoms with Crippen LogP contribution >= 0.6 is 22.9 Å². The van der Waals surface area contributed by atoms with Crippen molar-refractivity contribution in [3.05, 3.63) is 52.3 Å². The number of halogens is 1. The van der Waals surface area contributed by atoms with Gasteiger partial charge in [-0.05, 0) is 55.8 Å².